The highest BCUT2D eigenvalue weighted by Gasteiger charge is 2.38. The number of nitrogens with zero attached hydrogens (tertiary/aromatic N) is 2. The molecule has 6 heteroatoms. The molecule has 0 aliphatic heterocycles. The summed E-state index contributed by atoms with van der Waals surface area (Å²) < 4.78 is 27.7. The predicted octanol–water partition coefficient (Wildman–Crippen LogP) is 4.51. The summed E-state index contributed by atoms with van der Waals surface area (Å²) in [6, 6.07) is 5.69. The fraction of sp³-hybridized carbons (Fsp3) is 0.444. The Kier molecular flexibility index (Phi) is 3.73. The third-order valence-electron chi connectivity index (χ3n) is 4.89. The van der Waals surface area contributed by atoms with Gasteiger partial charge in [-0.3, -0.25) is 4.68 Å². The van der Waals surface area contributed by atoms with Crippen molar-refractivity contribution in [2.75, 3.05) is 0 Å². The van der Waals surface area contributed by atoms with Crippen molar-refractivity contribution in [1.29, 1.82) is 0 Å². The summed E-state index contributed by atoms with van der Waals surface area (Å²) in [7, 11) is 1.51. The van der Waals surface area contributed by atoms with Gasteiger partial charge in [-0.05, 0) is 28.9 Å². The minimum absolute atomic E-state index is 0.0295. The van der Waals surface area contributed by atoms with E-state index in [1.165, 1.54) is 11.7 Å². The van der Waals surface area contributed by atoms with Gasteiger partial charge in [0.05, 0.1) is 5.69 Å². The zero-order chi connectivity index (χ0) is 17.8. The topological polar surface area (TPSA) is 55.1 Å². The number of aromatic carboxylic acids is 1. The van der Waals surface area contributed by atoms with Gasteiger partial charge in [-0.25, -0.2) is 13.6 Å². The number of carbonyl (C=O) groups is 1. The van der Waals surface area contributed by atoms with Crippen LogP contribution in [0.4, 0.5) is 8.78 Å². The third kappa shape index (κ3) is 2.32. The number of carboxylic acids is 1. The van der Waals surface area contributed by atoms with Crippen LogP contribution in [-0.2, 0) is 12.5 Å². The number of hydrogen-bond donors (Lipinski definition) is 1. The average Bonchev–Trinajstić information content (AvgIpc) is 2.94. The molecule has 0 bridgehead atoms. The maximum atomic E-state index is 13.2. The summed E-state index contributed by atoms with van der Waals surface area (Å²) in [5, 5.41) is 13.3. The van der Waals surface area contributed by atoms with E-state index in [1.54, 1.807) is 6.07 Å². The lowest BCUT2D eigenvalue weighted by atomic mass is 9.85. The number of rotatable bonds is 3. The first-order valence-corrected chi connectivity index (χ1v) is 7.87. The Morgan fingerprint density at radius 3 is 2.67 bits per heavy atom. The summed E-state index contributed by atoms with van der Waals surface area (Å²) in [6.07, 6.45) is -2.00. The molecule has 4 nitrogen and oxygen atoms in total. The van der Waals surface area contributed by atoms with Gasteiger partial charge >= 0.3 is 5.97 Å². The molecular formula is C18H20F2N2O2. The van der Waals surface area contributed by atoms with Gasteiger partial charge in [0.2, 0.25) is 0 Å². The average molecular weight is 334 g/mol. The van der Waals surface area contributed by atoms with Crippen LogP contribution in [0.25, 0.3) is 11.3 Å². The van der Waals surface area contributed by atoms with Crippen LogP contribution in [-0.4, -0.2) is 20.9 Å². The van der Waals surface area contributed by atoms with Gasteiger partial charge < -0.3 is 5.11 Å². The Morgan fingerprint density at radius 2 is 2.08 bits per heavy atom. The number of aromatic nitrogens is 2. The van der Waals surface area contributed by atoms with E-state index in [-0.39, 0.29) is 17.0 Å². The smallest absolute Gasteiger partial charge is 0.340 e. The summed E-state index contributed by atoms with van der Waals surface area (Å²) >= 11 is 0. The van der Waals surface area contributed by atoms with E-state index in [9.17, 15) is 18.7 Å². The lowest BCUT2D eigenvalue weighted by Gasteiger charge is -2.19. The molecule has 0 radical (unpaired) electrons. The van der Waals surface area contributed by atoms with E-state index in [1.807, 2.05) is 12.1 Å². The summed E-state index contributed by atoms with van der Waals surface area (Å²) in [6.45, 7) is 6.37. The van der Waals surface area contributed by atoms with Crippen molar-refractivity contribution < 1.29 is 18.7 Å². The number of fused-ring (bicyclic) bond motifs is 1. The van der Waals surface area contributed by atoms with Gasteiger partial charge in [0.15, 0.2) is 0 Å². The molecule has 1 unspecified atom stereocenters. The predicted molar refractivity (Wildman–Crippen MR) is 86.6 cm³/mol. The second-order valence-corrected chi connectivity index (χ2v) is 7.09. The monoisotopic (exact) mass is 334 g/mol. The van der Waals surface area contributed by atoms with Crippen molar-refractivity contribution in [3.63, 3.8) is 0 Å². The number of hydrogen-bond acceptors (Lipinski definition) is 2. The van der Waals surface area contributed by atoms with Crippen LogP contribution < -0.4 is 0 Å². The van der Waals surface area contributed by atoms with Crippen molar-refractivity contribution in [3.8, 4) is 11.3 Å². The SMILES string of the molecule is CC1CC(C)(C)c2cccc(-c3c(C(=O)O)c(C(F)F)nn3C)c21. The summed E-state index contributed by atoms with van der Waals surface area (Å²) in [4.78, 5) is 11.7. The molecule has 0 amide bonds. The molecular weight excluding hydrogens is 314 g/mol. The fourth-order valence-electron chi connectivity index (χ4n) is 4.09. The Labute approximate surface area is 139 Å². The van der Waals surface area contributed by atoms with E-state index in [0.29, 0.717) is 5.56 Å². The van der Waals surface area contributed by atoms with Crippen molar-refractivity contribution in [2.45, 2.75) is 45.0 Å². The van der Waals surface area contributed by atoms with Crippen LogP contribution in [0.15, 0.2) is 18.2 Å². The molecule has 0 fully saturated rings. The summed E-state index contributed by atoms with van der Waals surface area (Å²) in [5.41, 5.74) is 2.00. The summed E-state index contributed by atoms with van der Waals surface area (Å²) in [5.74, 6) is -1.16. The number of alkyl halides is 2. The zero-order valence-electron chi connectivity index (χ0n) is 14.1. The first-order valence-electron chi connectivity index (χ1n) is 7.87. The molecule has 0 saturated heterocycles. The van der Waals surface area contributed by atoms with Crippen LogP contribution >= 0.6 is 0 Å². The number of aryl methyl sites for hydroxylation is 1. The third-order valence-corrected chi connectivity index (χ3v) is 4.89. The van der Waals surface area contributed by atoms with Crippen molar-refractivity contribution in [1.82, 2.24) is 9.78 Å². The molecule has 0 spiro atoms. The highest BCUT2D eigenvalue weighted by Crippen LogP contribution is 2.49. The molecule has 1 aliphatic rings. The number of benzene rings is 1. The normalized spacial score (nSPS) is 18.9. The van der Waals surface area contributed by atoms with E-state index >= 15 is 0 Å². The largest absolute Gasteiger partial charge is 0.478 e. The number of halogens is 2. The minimum Gasteiger partial charge on any atom is -0.478 e. The molecule has 1 heterocycles. The second-order valence-electron chi connectivity index (χ2n) is 7.09. The maximum absolute atomic E-state index is 13.2. The molecule has 128 valence electrons. The van der Waals surface area contributed by atoms with Crippen molar-refractivity contribution in [3.05, 3.63) is 40.6 Å². The van der Waals surface area contributed by atoms with Crippen LogP contribution in [0, 0.1) is 0 Å². The molecule has 2 aromatic rings. The van der Waals surface area contributed by atoms with E-state index < -0.39 is 23.7 Å². The maximum Gasteiger partial charge on any atom is 0.340 e. The zero-order valence-corrected chi connectivity index (χ0v) is 14.1. The molecule has 0 saturated carbocycles. The van der Waals surface area contributed by atoms with Gasteiger partial charge in [0.1, 0.15) is 11.3 Å². The molecule has 1 atom stereocenters. The van der Waals surface area contributed by atoms with Crippen molar-refractivity contribution >= 4 is 5.97 Å². The quantitative estimate of drug-likeness (QED) is 0.898. The lowest BCUT2D eigenvalue weighted by Crippen LogP contribution is -2.12. The molecule has 1 N–H and O–H groups in total. The molecule has 1 aromatic heterocycles. The van der Waals surface area contributed by atoms with Gasteiger partial charge in [-0.1, -0.05) is 39.0 Å². The van der Waals surface area contributed by atoms with E-state index in [0.717, 1.165) is 17.5 Å². The van der Waals surface area contributed by atoms with E-state index in [2.05, 4.69) is 25.9 Å². The first-order chi connectivity index (χ1) is 11.1. The van der Waals surface area contributed by atoms with Crippen LogP contribution in [0.2, 0.25) is 0 Å². The lowest BCUT2D eigenvalue weighted by molar-refractivity contribution is 0.0685. The Morgan fingerprint density at radius 1 is 1.42 bits per heavy atom. The molecule has 1 aliphatic carbocycles. The molecule has 24 heavy (non-hydrogen) atoms. The Balaban J connectivity index is 2.34. The fourth-order valence-corrected chi connectivity index (χ4v) is 4.09. The Hall–Kier alpha value is -2.24. The van der Waals surface area contributed by atoms with Crippen LogP contribution in [0.3, 0.4) is 0 Å². The van der Waals surface area contributed by atoms with Gasteiger partial charge in [-0.15, -0.1) is 0 Å². The van der Waals surface area contributed by atoms with Gasteiger partial charge in [-0.2, -0.15) is 5.10 Å². The van der Waals surface area contributed by atoms with Gasteiger partial charge in [0.25, 0.3) is 6.43 Å². The molecule has 3 rings (SSSR count). The Bertz CT molecular complexity index is 825. The van der Waals surface area contributed by atoms with Crippen molar-refractivity contribution in [2.24, 2.45) is 7.05 Å². The second kappa shape index (κ2) is 5.40. The minimum atomic E-state index is -2.93. The standard InChI is InChI=1S/C18H20F2N2O2/c1-9-8-18(2,3)11-7-5-6-10(12(9)11)15-13(17(23)24)14(16(19)20)21-22(15)4/h5-7,9,16H,8H2,1-4H3,(H,23,24). The molecule has 1 aromatic carbocycles. The van der Waals surface area contributed by atoms with Crippen LogP contribution in [0.5, 0.6) is 0 Å². The highest BCUT2D eigenvalue weighted by atomic mass is 19.3. The van der Waals surface area contributed by atoms with Crippen LogP contribution in [0.1, 0.15) is 66.7 Å². The van der Waals surface area contributed by atoms with Gasteiger partial charge in [0, 0.05) is 12.6 Å². The number of carboxylic acid groups (broad SMARTS) is 1. The first kappa shape index (κ1) is 16.6. The van der Waals surface area contributed by atoms with E-state index in [4.69, 9.17) is 0 Å². The highest BCUT2D eigenvalue weighted by molar-refractivity contribution is 5.97.